The Morgan fingerprint density at radius 3 is 2.58 bits per heavy atom. The van der Waals surface area contributed by atoms with Gasteiger partial charge in [0.25, 0.3) is 0 Å². The van der Waals surface area contributed by atoms with Gasteiger partial charge in [-0.25, -0.2) is 9.59 Å². The fraction of sp³-hybridized carbons (Fsp3) is 0.286. The van der Waals surface area contributed by atoms with Crippen LogP contribution in [-0.4, -0.2) is 32.2 Å². The van der Waals surface area contributed by atoms with Gasteiger partial charge in [-0.2, -0.15) is 0 Å². The molecule has 1 unspecified atom stereocenters. The van der Waals surface area contributed by atoms with E-state index in [9.17, 15) is 9.59 Å². The first kappa shape index (κ1) is 13.1. The monoisotopic (exact) mass is 261 g/mol. The zero-order valence-electron chi connectivity index (χ0n) is 11.0. The van der Waals surface area contributed by atoms with E-state index < -0.39 is 18.0 Å². The maximum atomic E-state index is 11.8. The second kappa shape index (κ2) is 5.14. The number of ether oxygens (including phenoxy) is 2. The van der Waals surface area contributed by atoms with Crippen molar-refractivity contribution in [2.75, 3.05) is 19.5 Å². The van der Waals surface area contributed by atoms with Crippen LogP contribution in [0.1, 0.15) is 11.1 Å². The molecular weight excluding hydrogens is 246 g/mol. The summed E-state index contributed by atoms with van der Waals surface area (Å²) in [5.74, 6) is -0.921. The average Bonchev–Trinajstić information content (AvgIpc) is 2.44. The molecule has 1 aromatic carbocycles. The molecule has 5 heteroatoms. The molecule has 0 aromatic heterocycles. The van der Waals surface area contributed by atoms with Gasteiger partial charge in [0, 0.05) is 11.3 Å². The van der Waals surface area contributed by atoms with Gasteiger partial charge in [0.1, 0.15) is 6.04 Å². The number of aryl methyl sites for hydroxylation is 1. The number of carbonyl (C=O) groups is 2. The van der Waals surface area contributed by atoms with Crippen LogP contribution in [0.5, 0.6) is 0 Å². The summed E-state index contributed by atoms with van der Waals surface area (Å²) in [6.07, 6.45) is 1.53. The molecule has 0 fully saturated rings. The quantitative estimate of drug-likeness (QED) is 0.818. The maximum Gasteiger partial charge on any atom is 0.338 e. The third-order valence-corrected chi connectivity index (χ3v) is 2.97. The third kappa shape index (κ3) is 2.45. The Morgan fingerprint density at radius 1 is 1.21 bits per heavy atom. The number of esters is 2. The zero-order valence-corrected chi connectivity index (χ0v) is 11.0. The normalized spacial score (nSPS) is 16.8. The van der Waals surface area contributed by atoms with E-state index in [1.54, 1.807) is 0 Å². The second-order valence-electron chi connectivity index (χ2n) is 4.27. The first-order valence-electron chi connectivity index (χ1n) is 5.82. The largest absolute Gasteiger partial charge is 0.467 e. The molecule has 0 spiro atoms. The highest BCUT2D eigenvalue weighted by Crippen LogP contribution is 2.31. The summed E-state index contributed by atoms with van der Waals surface area (Å²) in [4.78, 5) is 23.4. The lowest BCUT2D eigenvalue weighted by molar-refractivity contribution is -0.140. The number of methoxy groups -OCH3 is 2. The molecule has 2 rings (SSSR count). The lowest BCUT2D eigenvalue weighted by Crippen LogP contribution is -2.32. The Bertz CT molecular complexity index is 563. The predicted molar refractivity (Wildman–Crippen MR) is 70.6 cm³/mol. The first-order valence-corrected chi connectivity index (χ1v) is 5.82. The standard InChI is InChI=1S/C14H15NO4/c1-8-4-5-11-9(6-8)10(13(16)18-2)7-12(15-11)14(17)19-3/h4-7,12,15H,1-3H3. The van der Waals surface area contributed by atoms with Crippen LogP contribution in [0.25, 0.3) is 5.57 Å². The van der Waals surface area contributed by atoms with E-state index in [0.29, 0.717) is 11.3 Å². The SMILES string of the molecule is COC(=O)C1=CC(C(=O)OC)Nc2ccc(C)cc21. The van der Waals surface area contributed by atoms with Crippen molar-refractivity contribution in [3.8, 4) is 0 Å². The van der Waals surface area contributed by atoms with Crippen LogP contribution in [0.4, 0.5) is 5.69 Å². The number of benzene rings is 1. The van der Waals surface area contributed by atoms with Crippen LogP contribution in [0.15, 0.2) is 24.3 Å². The molecule has 1 N–H and O–H groups in total. The maximum absolute atomic E-state index is 11.8. The molecule has 0 aliphatic carbocycles. The summed E-state index contributed by atoms with van der Waals surface area (Å²) in [7, 11) is 2.62. The highest BCUT2D eigenvalue weighted by Gasteiger charge is 2.28. The Kier molecular flexibility index (Phi) is 3.55. The van der Waals surface area contributed by atoms with Gasteiger partial charge in [-0.15, -0.1) is 0 Å². The molecule has 0 saturated heterocycles. The molecule has 0 bridgehead atoms. The lowest BCUT2D eigenvalue weighted by atomic mass is 9.95. The number of carbonyl (C=O) groups excluding carboxylic acids is 2. The number of hydrogen-bond acceptors (Lipinski definition) is 5. The van der Waals surface area contributed by atoms with Crippen LogP contribution in [0, 0.1) is 6.92 Å². The van der Waals surface area contributed by atoms with Crippen LogP contribution in [0.3, 0.4) is 0 Å². The van der Waals surface area contributed by atoms with Gasteiger partial charge in [-0.1, -0.05) is 11.6 Å². The zero-order chi connectivity index (χ0) is 14.0. The van der Waals surface area contributed by atoms with Crippen LogP contribution in [0.2, 0.25) is 0 Å². The van der Waals surface area contributed by atoms with Crippen LogP contribution < -0.4 is 5.32 Å². The number of anilines is 1. The fourth-order valence-electron chi connectivity index (χ4n) is 2.01. The average molecular weight is 261 g/mol. The van der Waals surface area contributed by atoms with Crippen molar-refractivity contribution < 1.29 is 19.1 Å². The minimum absolute atomic E-state index is 0.371. The highest BCUT2D eigenvalue weighted by molar-refractivity contribution is 6.20. The van der Waals surface area contributed by atoms with E-state index in [4.69, 9.17) is 9.47 Å². The number of hydrogen-bond donors (Lipinski definition) is 1. The summed E-state index contributed by atoms with van der Waals surface area (Å²) in [6.45, 7) is 1.93. The van der Waals surface area contributed by atoms with E-state index in [1.807, 2.05) is 25.1 Å². The van der Waals surface area contributed by atoms with E-state index in [2.05, 4.69) is 5.32 Å². The fourth-order valence-corrected chi connectivity index (χ4v) is 2.01. The van der Waals surface area contributed by atoms with Crippen molar-refractivity contribution in [3.63, 3.8) is 0 Å². The smallest absolute Gasteiger partial charge is 0.338 e. The van der Waals surface area contributed by atoms with Crippen LogP contribution >= 0.6 is 0 Å². The molecular formula is C14H15NO4. The van der Waals surface area contributed by atoms with E-state index in [-0.39, 0.29) is 0 Å². The predicted octanol–water partition coefficient (Wildman–Crippen LogP) is 1.52. The first-order chi connectivity index (χ1) is 9.06. The molecule has 0 radical (unpaired) electrons. The Balaban J connectivity index is 2.50. The van der Waals surface area contributed by atoms with Gasteiger partial charge in [-0.3, -0.25) is 0 Å². The third-order valence-electron chi connectivity index (χ3n) is 2.97. The summed E-state index contributed by atoms with van der Waals surface area (Å²) in [6, 6.07) is 4.92. The van der Waals surface area contributed by atoms with Gasteiger partial charge in [0.2, 0.25) is 0 Å². The number of nitrogens with one attached hydrogen (secondary N) is 1. The molecule has 5 nitrogen and oxygen atoms in total. The minimum atomic E-state index is -0.686. The van der Waals surface area contributed by atoms with Crippen LogP contribution in [-0.2, 0) is 19.1 Å². The van der Waals surface area contributed by atoms with E-state index in [0.717, 1.165) is 11.1 Å². The number of rotatable bonds is 2. The summed E-state index contributed by atoms with van der Waals surface area (Å²) >= 11 is 0. The van der Waals surface area contributed by atoms with E-state index >= 15 is 0 Å². The van der Waals surface area contributed by atoms with Crippen molar-refractivity contribution in [1.82, 2.24) is 0 Å². The van der Waals surface area contributed by atoms with Gasteiger partial charge >= 0.3 is 11.9 Å². The van der Waals surface area contributed by atoms with E-state index in [1.165, 1.54) is 20.3 Å². The molecule has 1 aliphatic heterocycles. The Hall–Kier alpha value is -2.30. The van der Waals surface area contributed by atoms with Crippen molar-refractivity contribution in [2.24, 2.45) is 0 Å². The van der Waals surface area contributed by atoms with Crippen molar-refractivity contribution in [2.45, 2.75) is 13.0 Å². The van der Waals surface area contributed by atoms with Crippen molar-refractivity contribution >= 4 is 23.2 Å². The topological polar surface area (TPSA) is 64.6 Å². The van der Waals surface area contributed by atoms with Gasteiger partial charge < -0.3 is 14.8 Å². The molecule has 1 aliphatic rings. The molecule has 19 heavy (non-hydrogen) atoms. The van der Waals surface area contributed by atoms with Gasteiger partial charge in [0.15, 0.2) is 0 Å². The Labute approximate surface area is 111 Å². The molecule has 1 heterocycles. The van der Waals surface area contributed by atoms with Gasteiger partial charge in [0.05, 0.1) is 19.8 Å². The van der Waals surface area contributed by atoms with Crippen molar-refractivity contribution in [3.05, 3.63) is 35.4 Å². The highest BCUT2D eigenvalue weighted by atomic mass is 16.5. The molecule has 0 amide bonds. The number of fused-ring (bicyclic) bond motifs is 1. The van der Waals surface area contributed by atoms with Crippen molar-refractivity contribution in [1.29, 1.82) is 0 Å². The minimum Gasteiger partial charge on any atom is -0.467 e. The Morgan fingerprint density at radius 2 is 1.95 bits per heavy atom. The molecule has 1 aromatic rings. The summed E-state index contributed by atoms with van der Waals surface area (Å²) in [5, 5.41) is 3.03. The molecule has 0 saturated carbocycles. The summed E-state index contributed by atoms with van der Waals surface area (Å²) < 4.78 is 9.45. The summed E-state index contributed by atoms with van der Waals surface area (Å²) in [5.41, 5.74) is 2.83. The lowest BCUT2D eigenvalue weighted by Gasteiger charge is -2.24. The van der Waals surface area contributed by atoms with Gasteiger partial charge in [-0.05, 0) is 25.1 Å². The molecule has 100 valence electrons. The molecule has 1 atom stereocenters. The second-order valence-corrected chi connectivity index (χ2v) is 4.27.